The molecule has 0 aliphatic heterocycles. The number of nitrogens with zero attached hydrogens (tertiary/aromatic N) is 2. The topological polar surface area (TPSA) is 66.0 Å². The molecule has 0 fully saturated rings. The lowest BCUT2D eigenvalue weighted by Crippen LogP contribution is -2.39. The fourth-order valence-electron chi connectivity index (χ4n) is 2.40. The first-order valence-corrected chi connectivity index (χ1v) is 9.17. The third kappa shape index (κ3) is 4.78. The quantitative estimate of drug-likeness (QED) is 0.529. The summed E-state index contributed by atoms with van der Waals surface area (Å²) in [6, 6.07) is 23.2. The lowest BCUT2D eigenvalue weighted by Gasteiger charge is -1.99. The summed E-state index contributed by atoms with van der Waals surface area (Å²) >= 11 is 0. The lowest BCUT2D eigenvalue weighted by molar-refractivity contribution is -0.740. The summed E-state index contributed by atoms with van der Waals surface area (Å²) in [5.41, 5.74) is 4.93. The summed E-state index contributed by atoms with van der Waals surface area (Å²) in [7, 11) is 0.267. The van der Waals surface area contributed by atoms with Crippen LogP contribution in [0.1, 0.15) is 0 Å². The molecule has 0 aliphatic carbocycles. The van der Waals surface area contributed by atoms with Crippen LogP contribution in [0.4, 0.5) is 0 Å². The molecule has 1 heterocycles. The van der Waals surface area contributed by atoms with E-state index in [0.717, 1.165) is 0 Å². The van der Waals surface area contributed by atoms with Gasteiger partial charge in [0.25, 0.3) is 0 Å². The smallest absolute Gasteiger partial charge is 0.238 e. The van der Waals surface area contributed by atoms with E-state index in [9.17, 15) is 0 Å². The summed E-state index contributed by atoms with van der Waals surface area (Å²) in [6.07, 6.45) is 0.604. The van der Waals surface area contributed by atoms with Gasteiger partial charge in [-0.05, 0) is 12.1 Å². The zero-order valence-electron chi connectivity index (χ0n) is 13.9. The molecule has 0 aliphatic rings. The normalized spacial score (nSPS) is 10.8. The van der Waals surface area contributed by atoms with E-state index in [4.69, 9.17) is 13.0 Å². The number of benzene rings is 2. The average Bonchev–Trinajstić information content (AvgIpc) is 2.84. The molecule has 0 bridgehead atoms. The highest BCUT2D eigenvalue weighted by Gasteiger charge is 2.19. The van der Waals surface area contributed by atoms with Crippen molar-refractivity contribution in [3.05, 3.63) is 66.7 Å². The van der Waals surface area contributed by atoms with Gasteiger partial charge in [-0.1, -0.05) is 48.5 Å². The van der Waals surface area contributed by atoms with Crippen LogP contribution in [0.3, 0.4) is 0 Å². The molecule has 0 amide bonds. The van der Waals surface area contributed by atoms with Crippen molar-refractivity contribution in [2.45, 2.75) is 0 Å². The van der Waals surface area contributed by atoms with E-state index in [1.54, 1.807) is 0 Å². The first kappa shape index (κ1) is 17.9. The van der Waals surface area contributed by atoms with Gasteiger partial charge in [-0.3, -0.25) is 0 Å². The van der Waals surface area contributed by atoms with Gasteiger partial charge in [0.2, 0.25) is 5.69 Å². The van der Waals surface area contributed by atoms with Crippen molar-refractivity contribution < 1.29 is 17.7 Å². The van der Waals surface area contributed by atoms with Crippen LogP contribution < -0.4 is 4.68 Å². The molecule has 0 spiro atoms. The molecule has 0 unspecified atom stereocenters. The van der Waals surface area contributed by atoms with Gasteiger partial charge in [0.15, 0.2) is 7.05 Å². The predicted octanol–water partition coefficient (Wildman–Crippen LogP) is 2.35. The fraction of sp³-hybridized carbons (Fsp3) is 0.167. The van der Waals surface area contributed by atoms with Crippen LogP contribution in [0, 0.1) is 0 Å². The second kappa shape index (κ2) is 7.42. The van der Waals surface area contributed by atoms with Gasteiger partial charge in [0.05, 0.1) is 17.2 Å². The zero-order valence-corrected chi connectivity index (χ0v) is 14.7. The van der Waals surface area contributed by atoms with Gasteiger partial charge in [0, 0.05) is 23.4 Å². The molecule has 0 N–H and O–H groups in total. The maximum absolute atomic E-state index is 9.08. The highest BCUT2D eigenvalue weighted by atomic mass is 32.2. The Morgan fingerprint density at radius 1 is 0.917 bits per heavy atom. The van der Waals surface area contributed by atoms with E-state index in [2.05, 4.69) is 78.1 Å². The van der Waals surface area contributed by atoms with Crippen LogP contribution in [-0.4, -0.2) is 23.9 Å². The molecule has 126 valence electrons. The molecule has 3 aromatic rings. The van der Waals surface area contributed by atoms with Crippen molar-refractivity contribution in [2.24, 2.45) is 14.1 Å². The fourth-order valence-corrected chi connectivity index (χ4v) is 2.40. The minimum atomic E-state index is -3.92. The summed E-state index contributed by atoms with van der Waals surface area (Å²) < 4.78 is 31.6. The van der Waals surface area contributed by atoms with E-state index < -0.39 is 10.1 Å². The number of hydrogen-bond donors (Lipinski definition) is 0. The van der Waals surface area contributed by atoms with Gasteiger partial charge < -0.3 is 4.55 Å². The molecule has 24 heavy (non-hydrogen) atoms. The number of hydrogen-bond acceptors (Lipinski definition) is 3. The Labute approximate surface area is 142 Å². The minimum absolute atomic E-state index is 0.604. The van der Waals surface area contributed by atoms with Crippen molar-refractivity contribution in [1.29, 1.82) is 0 Å². The van der Waals surface area contributed by atoms with E-state index >= 15 is 0 Å². The summed E-state index contributed by atoms with van der Waals surface area (Å²) in [5.74, 6) is 0. The number of aromatic nitrogens is 2. The summed E-state index contributed by atoms with van der Waals surface area (Å²) in [5, 5.41) is 0. The zero-order chi connectivity index (χ0) is 17.7. The van der Waals surface area contributed by atoms with Crippen LogP contribution in [0.15, 0.2) is 66.7 Å². The second-order valence-corrected chi connectivity index (χ2v) is 6.81. The highest BCUT2D eigenvalue weighted by molar-refractivity contribution is 7.84. The molecule has 6 heteroatoms. The van der Waals surface area contributed by atoms with Crippen LogP contribution in [0.25, 0.3) is 22.5 Å². The van der Waals surface area contributed by atoms with Gasteiger partial charge in [-0.2, -0.15) is 4.68 Å². The van der Waals surface area contributed by atoms with Gasteiger partial charge in [-0.25, -0.2) is 8.42 Å². The molecule has 0 radical (unpaired) electrons. The Hall–Kier alpha value is -2.44. The van der Waals surface area contributed by atoms with Crippen LogP contribution in [0.5, 0.6) is 0 Å². The molecule has 1 aromatic heterocycles. The van der Waals surface area contributed by atoms with Crippen molar-refractivity contribution >= 4 is 10.1 Å². The largest absolute Gasteiger partial charge is 0.748 e. The van der Waals surface area contributed by atoms with Crippen LogP contribution >= 0.6 is 0 Å². The molecular weight excluding hydrogens is 324 g/mol. The Balaban J connectivity index is 0.000000368. The molecule has 0 saturated carbocycles. The monoisotopic (exact) mass is 344 g/mol. The average molecular weight is 344 g/mol. The molecule has 2 aromatic carbocycles. The predicted molar refractivity (Wildman–Crippen MR) is 93.1 cm³/mol. The summed E-state index contributed by atoms with van der Waals surface area (Å²) in [6.45, 7) is 0. The third-order valence-corrected chi connectivity index (χ3v) is 3.56. The van der Waals surface area contributed by atoms with E-state index in [0.29, 0.717) is 6.26 Å². The van der Waals surface area contributed by atoms with Crippen molar-refractivity contribution in [2.75, 3.05) is 6.26 Å². The van der Waals surface area contributed by atoms with Crippen LogP contribution in [-0.2, 0) is 24.2 Å². The van der Waals surface area contributed by atoms with E-state index in [1.807, 2.05) is 12.1 Å². The molecule has 0 atom stereocenters. The lowest BCUT2D eigenvalue weighted by atomic mass is 10.1. The van der Waals surface area contributed by atoms with Gasteiger partial charge in [-0.15, -0.1) is 4.68 Å². The highest BCUT2D eigenvalue weighted by Crippen LogP contribution is 2.23. The summed E-state index contributed by atoms with van der Waals surface area (Å²) in [4.78, 5) is 0. The Kier molecular flexibility index (Phi) is 5.54. The number of rotatable bonds is 2. The van der Waals surface area contributed by atoms with Gasteiger partial charge in [0.1, 0.15) is 5.69 Å². The van der Waals surface area contributed by atoms with E-state index in [-0.39, 0.29) is 0 Å². The Morgan fingerprint density at radius 3 is 1.79 bits per heavy atom. The first-order valence-electron chi connectivity index (χ1n) is 7.35. The first-order chi connectivity index (χ1) is 11.3. The van der Waals surface area contributed by atoms with Crippen LogP contribution in [0.2, 0.25) is 0 Å². The molecule has 3 rings (SSSR count). The van der Waals surface area contributed by atoms with Crippen molar-refractivity contribution in [3.8, 4) is 22.5 Å². The molecule has 0 saturated heterocycles. The Morgan fingerprint density at radius 2 is 1.33 bits per heavy atom. The maximum atomic E-state index is 9.08. The van der Waals surface area contributed by atoms with Gasteiger partial charge >= 0.3 is 0 Å². The standard InChI is InChI=1S/C17H17N2.CH4O3S/c1-18-16(14-9-5-3-6-10-14)13-17(19(18)2)15-11-7-4-8-12-15;1-5(2,3)4/h3-13H,1-2H3;1H3,(H,2,3,4)/q+1;/p-1. The van der Waals surface area contributed by atoms with E-state index in [1.165, 1.54) is 22.5 Å². The molecule has 5 nitrogen and oxygen atoms in total. The third-order valence-electron chi connectivity index (χ3n) is 3.56. The molecular formula is C18H20N2O3S. The SMILES string of the molecule is CS(=O)(=O)[O-].Cn1c(-c2ccccc2)cc(-c2ccccc2)[n+]1C. The Bertz CT molecular complexity index is 834. The maximum Gasteiger partial charge on any atom is 0.238 e. The minimum Gasteiger partial charge on any atom is -0.748 e. The van der Waals surface area contributed by atoms with Crippen molar-refractivity contribution in [1.82, 2.24) is 4.68 Å². The second-order valence-electron chi connectivity index (χ2n) is 5.40. The van der Waals surface area contributed by atoms with Crippen molar-refractivity contribution in [3.63, 3.8) is 0 Å².